The topological polar surface area (TPSA) is 31.2 Å². The SMILES string of the molecule is CCn1c(C)cc(C(=O)COc2cc(F)ccc2C)c1C. The molecule has 0 aliphatic rings. The van der Waals surface area contributed by atoms with Crippen LogP contribution in [0.2, 0.25) is 0 Å². The van der Waals surface area contributed by atoms with Crippen molar-refractivity contribution < 1.29 is 13.9 Å². The Hall–Kier alpha value is -2.10. The Morgan fingerprint density at radius 3 is 2.57 bits per heavy atom. The number of hydrogen-bond acceptors (Lipinski definition) is 2. The summed E-state index contributed by atoms with van der Waals surface area (Å²) in [5.41, 5.74) is 3.48. The molecule has 0 aliphatic carbocycles. The number of Topliss-reactive ketones (excluding diaryl/α,β-unsaturated/α-hetero) is 1. The number of ketones is 1. The van der Waals surface area contributed by atoms with Gasteiger partial charge in [0.25, 0.3) is 0 Å². The van der Waals surface area contributed by atoms with E-state index in [1.165, 1.54) is 12.1 Å². The van der Waals surface area contributed by atoms with E-state index in [4.69, 9.17) is 4.74 Å². The van der Waals surface area contributed by atoms with E-state index in [0.29, 0.717) is 11.3 Å². The van der Waals surface area contributed by atoms with Crippen molar-refractivity contribution in [1.82, 2.24) is 4.57 Å². The van der Waals surface area contributed by atoms with Crippen LogP contribution < -0.4 is 4.74 Å². The first-order valence-electron chi connectivity index (χ1n) is 7.03. The smallest absolute Gasteiger partial charge is 0.202 e. The van der Waals surface area contributed by atoms with Gasteiger partial charge in [-0.3, -0.25) is 4.79 Å². The summed E-state index contributed by atoms with van der Waals surface area (Å²) < 4.78 is 20.7. The number of aryl methyl sites for hydroxylation is 2. The first-order valence-corrected chi connectivity index (χ1v) is 7.03. The molecule has 2 rings (SSSR count). The molecule has 3 nitrogen and oxygen atoms in total. The quantitative estimate of drug-likeness (QED) is 0.783. The molecule has 1 heterocycles. The van der Waals surface area contributed by atoms with Crippen LogP contribution in [0.25, 0.3) is 0 Å². The van der Waals surface area contributed by atoms with E-state index in [0.717, 1.165) is 23.5 Å². The zero-order chi connectivity index (χ0) is 15.6. The summed E-state index contributed by atoms with van der Waals surface area (Å²) in [4.78, 5) is 12.3. The molecule has 0 amide bonds. The average molecular weight is 289 g/mol. The Balaban J connectivity index is 2.14. The maximum Gasteiger partial charge on any atom is 0.202 e. The molecule has 1 aromatic carbocycles. The molecule has 0 radical (unpaired) electrons. The van der Waals surface area contributed by atoms with E-state index in [1.54, 1.807) is 6.07 Å². The van der Waals surface area contributed by atoms with E-state index < -0.39 is 0 Å². The monoisotopic (exact) mass is 289 g/mol. The number of rotatable bonds is 5. The lowest BCUT2D eigenvalue weighted by atomic mass is 10.1. The van der Waals surface area contributed by atoms with Gasteiger partial charge in [-0.1, -0.05) is 6.07 Å². The van der Waals surface area contributed by atoms with Crippen LogP contribution in [0.15, 0.2) is 24.3 Å². The summed E-state index contributed by atoms with van der Waals surface area (Å²) in [6.45, 7) is 8.51. The fourth-order valence-corrected chi connectivity index (χ4v) is 2.52. The van der Waals surface area contributed by atoms with E-state index in [2.05, 4.69) is 4.57 Å². The number of halogens is 1. The van der Waals surface area contributed by atoms with Crippen molar-refractivity contribution in [1.29, 1.82) is 0 Å². The van der Waals surface area contributed by atoms with Crippen LogP contribution in [0.4, 0.5) is 4.39 Å². The highest BCUT2D eigenvalue weighted by Gasteiger charge is 2.16. The van der Waals surface area contributed by atoms with Crippen LogP contribution >= 0.6 is 0 Å². The largest absolute Gasteiger partial charge is 0.485 e. The first-order chi connectivity index (χ1) is 9.93. The third-order valence-corrected chi connectivity index (χ3v) is 3.70. The van der Waals surface area contributed by atoms with E-state index >= 15 is 0 Å². The number of aromatic nitrogens is 1. The van der Waals surface area contributed by atoms with Crippen LogP contribution in [-0.2, 0) is 6.54 Å². The number of nitrogens with zero attached hydrogens (tertiary/aromatic N) is 1. The van der Waals surface area contributed by atoms with Gasteiger partial charge in [0.1, 0.15) is 11.6 Å². The third-order valence-electron chi connectivity index (χ3n) is 3.70. The minimum absolute atomic E-state index is 0.0850. The van der Waals surface area contributed by atoms with Crippen LogP contribution in [0.1, 0.15) is 34.2 Å². The van der Waals surface area contributed by atoms with E-state index in [9.17, 15) is 9.18 Å². The number of benzene rings is 1. The van der Waals surface area contributed by atoms with Crippen molar-refractivity contribution in [3.05, 3.63) is 52.6 Å². The lowest BCUT2D eigenvalue weighted by Crippen LogP contribution is -2.13. The lowest BCUT2D eigenvalue weighted by molar-refractivity contribution is 0.0920. The van der Waals surface area contributed by atoms with Gasteiger partial charge < -0.3 is 9.30 Å². The molecule has 112 valence electrons. The highest BCUT2D eigenvalue weighted by atomic mass is 19.1. The zero-order valence-corrected chi connectivity index (χ0v) is 12.9. The van der Waals surface area contributed by atoms with Gasteiger partial charge in [0.2, 0.25) is 5.78 Å². The third kappa shape index (κ3) is 3.15. The minimum atomic E-state index is -0.368. The number of carbonyl (C=O) groups excluding carboxylic acids is 1. The summed E-state index contributed by atoms with van der Waals surface area (Å²) in [5.74, 6) is -0.0497. The summed E-state index contributed by atoms with van der Waals surface area (Å²) in [6.07, 6.45) is 0. The van der Waals surface area contributed by atoms with Gasteiger partial charge in [0.15, 0.2) is 6.61 Å². The van der Waals surface area contributed by atoms with Gasteiger partial charge in [0, 0.05) is 29.6 Å². The lowest BCUT2D eigenvalue weighted by Gasteiger charge is -2.09. The predicted molar refractivity (Wildman–Crippen MR) is 80.5 cm³/mol. The summed E-state index contributed by atoms with van der Waals surface area (Å²) in [5, 5.41) is 0. The van der Waals surface area contributed by atoms with Crippen LogP contribution in [0, 0.1) is 26.6 Å². The summed E-state index contributed by atoms with van der Waals surface area (Å²) in [6, 6.07) is 6.19. The summed E-state index contributed by atoms with van der Waals surface area (Å²) >= 11 is 0. The van der Waals surface area contributed by atoms with E-state index in [1.807, 2.05) is 33.8 Å². The molecule has 0 aliphatic heterocycles. The van der Waals surface area contributed by atoms with Gasteiger partial charge in [-0.2, -0.15) is 0 Å². The molecular formula is C17H20FNO2. The van der Waals surface area contributed by atoms with Crippen molar-refractivity contribution >= 4 is 5.78 Å². The average Bonchev–Trinajstić information content (AvgIpc) is 2.74. The highest BCUT2D eigenvalue weighted by molar-refractivity contribution is 5.98. The molecule has 0 saturated carbocycles. The van der Waals surface area contributed by atoms with Crippen LogP contribution in [0.3, 0.4) is 0 Å². The molecule has 0 unspecified atom stereocenters. The molecule has 0 saturated heterocycles. The molecule has 2 aromatic rings. The van der Waals surface area contributed by atoms with Gasteiger partial charge in [0.05, 0.1) is 0 Å². The Morgan fingerprint density at radius 2 is 1.95 bits per heavy atom. The first kappa shape index (κ1) is 15.3. The molecule has 1 aromatic heterocycles. The molecular weight excluding hydrogens is 269 g/mol. The van der Waals surface area contributed by atoms with Crippen molar-refractivity contribution in [2.75, 3.05) is 6.61 Å². The van der Waals surface area contributed by atoms with Crippen molar-refractivity contribution in [2.45, 2.75) is 34.2 Å². The Kier molecular flexibility index (Phi) is 4.46. The molecule has 0 fully saturated rings. The predicted octanol–water partition coefficient (Wildman–Crippen LogP) is 3.83. The van der Waals surface area contributed by atoms with E-state index in [-0.39, 0.29) is 18.2 Å². The zero-order valence-electron chi connectivity index (χ0n) is 12.9. The second-order valence-corrected chi connectivity index (χ2v) is 5.15. The number of ether oxygens (including phenoxy) is 1. The number of hydrogen-bond donors (Lipinski definition) is 0. The van der Waals surface area contributed by atoms with Crippen molar-refractivity contribution in [3.8, 4) is 5.75 Å². The standard InChI is InChI=1S/C17H20FNO2/c1-5-19-12(3)8-15(13(19)4)16(20)10-21-17-9-14(18)7-6-11(17)2/h6-9H,5,10H2,1-4H3. The van der Waals surface area contributed by atoms with Crippen LogP contribution in [-0.4, -0.2) is 17.0 Å². The fourth-order valence-electron chi connectivity index (χ4n) is 2.52. The Bertz CT molecular complexity index is 674. The fraction of sp³-hybridized carbons (Fsp3) is 0.353. The Labute approximate surface area is 124 Å². The maximum atomic E-state index is 13.2. The van der Waals surface area contributed by atoms with Crippen LogP contribution in [0.5, 0.6) is 5.75 Å². The second kappa shape index (κ2) is 6.12. The second-order valence-electron chi connectivity index (χ2n) is 5.15. The van der Waals surface area contributed by atoms with Gasteiger partial charge in [-0.25, -0.2) is 4.39 Å². The van der Waals surface area contributed by atoms with Gasteiger partial charge in [-0.05, 0) is 45.4 Å². The minimum Gasteiger partial charge on any atom is -0.485 e. The molecule has 0 atom stereocenters. The molecule has 0 N–H and O–H groups in total. The molecule has 21 heavy (non-hydrogen) atoms. The molecule has 0 spiro atoms. The summed E-state index contributed by atoms with van der Waals surface area (Å²) in [7, 11) is 0. The molecule has 0 bridgehead atoms. The van der Waals surface area contributed by atoms with Gasteiger partial charge in [-0.15, -0.1) is 0 Å². The normalized spacial score (nSPS) is 10.7. The van der Waals surface area contributed by atoms with Gasteiger partial charge >= 0.3 is 0 Å². The molecule has 4 heteroatoms. The van der Waals surface area contributed by atoms with Crippen molar-refractivity contribution in [2.24, 2.45) is 0 Å². The van der Waals surface area contributed by atoms with Crippen molar-refractivity contribution in [3.63, 3.8) is 0 Å². The highest BCUT2D eigenvalue weighted by Crippen LogP contribution is 2.20. The maximum absolute atomic E-state index is 13.2. The Morgan fingerprint density at radius 1 is 1.24 bits per heavy atom. The number of carbonyl (C=O) groups is 1.